The van der Waals surface area contributed by atoms with Crippen molar-refractivity contribution in [1.82, 2.24) is 15.1 Å². The maximum atomic E-state index is 6.11. The van der Waals surface area contributed by atoms with E-state index in [1.54, 1.807) is 6.20 Å². The van der Waals surface area contributed by atoms with Crippen molar-refractivity contribution in [2.24, 2.45) is 7.05 Å². The van der Waals surface area contributed by atoms with E-state index in [-0.39, 0.29) is 0 Å². The number of nitrogens with zero attached hydrogens (tertiary/aromatic N) is 2. The molecule has 1 saturated heterocycles. The van der Waals surface area contributed by atoms with Gasteiger partial charge in [-0.1, -0.05) is 24.4 Å². The maximum absolute atomic E-state index is 6.11. The van der Waals surface area contributed by atoms with Crippen molar-refractivity contribution in [3.05, 3.63) is 16.9 Å². The fourth-order valence-electron chi connectivity index (χ4n) is 2.07. The highest BCUT2D eigenvalue weighted by molar-refractivity contribution is 6.31. The fraction of sp³-hybridized carbons (Fsp3) is 0.700. The highest BCUT2D eigenvalue weighted by atomic mass is 35.5. The first-order chi connectivity index (χ1) is 6.79. The van der Waals surface area contributed by atoms with Gasteiger partial charge in [0.05, 0.1) is 23.0 Å². The quantitative estimate of drug-likeness (QED) is 0.776. The third kappa shape index (κ3) is 1.93. The number of nitrogens with one attached hydrogen (secondary N) is 1. The normalized spacial score (nSPS) is 23.4. The zero-order valence-corrected chi connectivity index (χ0v) is 9.22. The summed E-state index contributed by atoms with van der Waals surface area (Å²) in [6.45, 7) is 1.09. The Hall–Kier alpha value is -0.540. The van der Waals surface area contributed by atoms with E-state index in [0.717, 1.165) is 17.3 Å². The number of aromatic nitrogens is 2. The largest absolute Gasteiger partial charge is 0.309 e. The second kappa shape index (κ2) is 4.32. The summed E-state index contributed by atoms with van der Waals surface area (Å²) < 4.78 is 1.88. The van der Waals surface area contributed by atoms with Crippen LogP contribution in [0.2, 0.25) is 5.02 Å². The van der Waals surface area contributed by atoms with Crippen LogP contribution in [0, 0.1) is 0 Å². The summed E-state index contributed by atoms with van der Waals surface area (Å²) in [4.78, 5) is 0. The van der Waals surface area contributed by atoms with Gasteiger partial charge in [-0.3, -0.25) is 4.68 Å². The molecule has 2 heterocycles. The average molecular weight is 214 g/mol. The number of halogens is 1. The second-order valence-corrected chi connectivity index (χ2v) is 4.26. The maximum Gasteiger partial charge on any atom is 0.0833 e. The molecule has 0 radical (unpaired) electrons. The Kier molecular flexibility index (Phi) is 3.08. The highest BCUT2D eigenvalue weighted by Crippen LogP contribution is 2.27. The van der Waals surface area contributed by atoms with Crippen molar-refractivity contribution in [2.75, 3.05) is 6.54 Å². The Balaban J connectivity index is 2.19. The van der Waals surface area contributed by atoms with Gasteiger partial charge in [-0.15, -0.1) is 0 Å². The van der Waals surface area contributed by atoms with Crippen molar-refractivity contribution >= 4 is 11.6 Å². The smallest absolute Gasteiger partial charge is 0.0833 e. The van der Waals surface area contributed by atoms with E-state index in [1.807, 2.05) is 11.7 Å². The van der Waals surface area contributed by atoms with E-state index in [2.05, 4.69) is 10.4 Å². The van der Waals surface area contributed by atoms with Gasteiger partial charge >= 0.3 is 0 Å². The molecule has 0 aliphatic carbocycles. The number of rotatable bonds is 1. The van der Waals surface area contributed by atoms with Crippen LogP contribution in [0.3, 0.4) is 0 Å². The molecule has 4 heteroatoms. The highest BCUT2D eigenvalue weighted by Gasteiger charge is 2.19. The van der Waals surface area contributed by atoms with Crippen LogP contribution in [-0.2, 0) is 7.05 Å². The van der Waals surface area contributed by atoms with Gasteiger partial charge in [0.15, 0.2) is 0 Å². The predicted octanol–water partition coefficient (Wildman–Crippen LogP) is 2.28. The van der Waals surface area contributed by atoms with E-state index in [1.165, 1.54) is 25.7 Å². The van der Waals surface area contributed by atoms with Crippen molar-refractivity contribution < 1.29 is 0 Å². The molecule has 1 N–H and O–H groups in total. The van der Waals surface area contributed by atoms with Crippen LogP contribution in [0.25, 0.3) is 0 Å². The van der Waals surface area contributed by atoms with Gasteiger partial charge in [0.2, 0.25) is 0 Å². The van der Waals surface area contributed by atoms with Gasteiger partial charge in [0.1, 0.15) is 0 Å². The zero-order valence-electron chi connectivity index (χ0n) is 8.46. The van der Waals surface area contributed by atoms with Crippen LogP contribution in [0.1, 0.15) is 37.4 Å². The lowest BCUT2D eigenvalue weighted by molar-refractivity contribution is 0.495. The number of hydrogen-bond donors (Lipinski definition) is 1. The molecule has 0 bridgehead atoms. The first kappa shape index (κ1) is 9.99. The molecule has 1 unspecified atom stereocenters. The summed E-state index contributed by atoms with van der Waals surface area (Å²) in [7, 11) is 1.95. The Labute approximate surface area is 89.4 Å². The summed E-state index contributed by atoms with van der Waals surface area (Å²) in [5.74, 6) is 0. The van der Waals surface area contributed by atoms with Gasteiger partial charge in [0.25, 0.3) is 0 Å². The third-order valence-corrected chi connectivity index (χ3v) is 3.12. The third-order valence-electron chi connectivity index (χ3n) is 2.83. The van der Waals surface area contributed by atoms with Crippen LogP contribution in [-0.4, -0.2) is 16.3 Å². The Morgan fingerprint density at radius 2 is 2.36 bits per heavy atom. The van der Waals surface area contributed by atoms with Crippen LogP contribution >= 0.6 is 11.6 Å². The van der Waals surface area contributed by atoms with Crippen molar-refractivity contribution in [3.8, 4) is 0 Å². The standard InChI is InChI=1S/C10H16ClN3/c1-14-10(8(11)7-13-14)9-5-3-2-4-6-12-9/h7,9,12H,2-6H2,1H3. The molecular formula is C10H16ClN3. The minimum atomic E-state index is 0.387. The molecule has 0 spiro atoms. The molecule has 1 aliphatic heterocycles. The first-order valence-corrected chi connectivity index (χ1v) is 5.57. The molecule has 0 amide bonds. The molecule has 0 saturated carbocycles. The molecule has 0 aromatic carbocycles. The van der Waals surface area contributed by atoms with Crippen LogP contribution in [0.4, 0.5) is 0 Å². The van der Waals surface area contributed by atoms with Crippen molar-refractivity contribution in [2.45, 2.75) is 31.7 Å². The minimum Gasteiger partial charge on any atom is -0.309 e. The summed E-state index contributed by atoms with van der Waals surface area (Å²) in [6.07, 6.45) is 6.76. The van der Waals surface area contributed by atoms with Gasteiger partial charge in [-0.25, -0.2) is 0 Å². The summed E-state index contributed by atoms with van der Waals surface area (Å²) in [5, 5.41) is 8.47. The van der Waals surface area contributed by atoms with Crippen LogP contribution in [0.5, 0.6) is 0 Å². The van der Waals surface area contributed by atoms with E-state index in [4.69, 9.17) is 11.6 Å². The Morgan fingerprint density at radius 1 is 1.50 bits per heavy atom. The van der Waals surface area contributed by atoms with Gasteiger partial charge in [-0.05, 0) is 19.4 Å². The molecule has 1 aromatic rings. The molecule has 78 valence electrons. The van der Waals surface area contributed by atoms with E-state index < -0.39 is 0 Å². The first-order valence-electron chi connectivity index (χ1n) is 5.20. The lowest BCUT2D eigenvalue weighted by Crippen LogP contribution is -2.22. The molecule has 1 fully saturated rings. The van der Waals surface area contributed by atoms with Gasteiger partial charge in [0, 0.05) is 7.05 Å². The fourth-order valence-corrected chi connectivity index (χ4v) is 2.37. The Bertz CT molecular complexity index is 281. The topological polar surface area (TPSA) is 29.9 Å². The lowest BCUT2D eigenvalue weighted by Gasteiger charge is -2.16. The van der Waals surface area contributed by atoms with E-state index >= 15 is 0 Å². The summed E-state index contributed by atoms with van der Waals surface area (Å²) in [5.41, 5.74) is 1.13. The molecule has 3 nitrogen and oxygen atoms in total. The van der Waals surface area contributed by atoms with Gasteiger partial charge < -0.3 is 5.32 Å². The number of hydrogen-bond acceptors (Lipinski definition) is 2. The minimum absolute atomic E-state index is 0.387. The van der Waals surface area contributed by atoms with Gasteiger partial charge in [-0.2, -0.15) is 5.10 Å². The SMILES string of the molecule is Cn1ncc(Cl)c1C1CCCCCN1. The molecule has 1 aliphatic rings. The van der Waals surface area contributed by atoms with Crippen LogP contribution in [0.15, 0.2) is 6.20 Å². The molecule has 2 rings (SSSR count). The van der Waals surface area contributed by atoms with Crippen molar-refractivity contribution in [1.29, 1.82) is 0 Å². The molecule has 1 atom stereocenters. The molecule has 14 heavy (non-hydrogen) atoms. The summed E-state index contributed by atoms with van der Waals surface area (Å²) >= 11 is 6.11. The average Bonchev–Trinajstić information content (AvgIpc) is 2.45. The molecule has 1 aromatic heterocycles. The molecular weight excluding hydrogens is 198 g/mol. The van der Waals surface area contributed by atoms with Crippen molar-refractivity contribution in [3.63, 3.8) is 0 Å². The monoisotopic (exact) mass is 213 g/mol. The Morgan fingerprint density at radius 3 is 3.07 bits per heavy atom. The van der Waals surface area contributed by atoms with E-state index in [0.29, 0.717) is 6.04 Å². The zero-order chi connectivity index (χ0) is 9.97. The summed E-state index contributed by atoms with van der Waals surface area (Å²) in [6, 6.07) is 0.387. The second-order valence-electron chi connectivity index (χ2n) is 3.86. The predicted molar refractivity (Wildman–Crippen MR) is 57.4 cm³/mol. The number of aryl methyl sites for hydroxylation is 1. The lowest BCUT2D eigenvalue weighted by atomic mass is 10.1. The van der Waals surface area contributed by atoms with E-state index in [9.17, 15) is 0 Å². The van der Waals surface area contributed by atoms with Crippen LogP contribution < -0.4 is 5.32 Å².